The fourth-order valence-corrected chi connectivity index (χ4v) is 1.64. The molecule has 0 bridgehead atoms. The molecule has 0 fully saturated rings. The molecule has 0 aliphatic carbocycles. The van der Waals surface area contributed by atoms with E-state index in [4.69, 9.17) is 4.74 Å². The summed E-state index contributed by atoms with van der Waals surface area (Å²) in [6.07, 6.45) is 0. The lowest BCUT2D eigenvalue weighted by atomic mass is 9.99. The average Bonchev–Trinajstić information content (AvgIpc) is 2.45. The third kappa shape index (κ3) is 3.91. The van der Waals surface area contributed by atoms with Crippen molar-refractivity contribution in [3.05, 3.63) is 33.9 Å². The molecule has 0 saturated carbocycles. The van der Waals surface area contributed by atoms with E-state index in [0.717, 1.165) is 0 Å². The highest BCUT2D eigenvalue weighted by Crippen LogP contribution is 2.28. The summed E-state index contributed by atoms with van der Waals surface area (Å²) in [4.78, 5) is 22.1. The monoisotopic (exact) mass is 296 g/mol. The van der Waals surface area contributed by atoms with Crippen LogP contribution in [0.4, 0.5) is 11.4 Å². The van der Waals surface area contributed by atoms with Crippen LogP contribution in [0.25, 0.3) is 0 Å². The van der Waals surface area contributed by atoms with Crippen LogP contribution in [0.2, 0.25) is 0 Å². The van der Waals surface area contributed by atoms with E-state index in [1.807, 2.05) is 20.8 Å². The van der Waals surface area contributed by atoms with Crippen LogP contribution in [0.1, 0.15) is 31.1 Å². The van der Waals surface area contributed by atoms with E-state index < -0.39 is 16.5 Å². The number of methoxy groups -OCH3 is 2. The van der Waals surface area contributed by atoms with Gasteiger partial charge in [0.1, 0.15) is 5.69 Å². The second-order valence-corrected chi connectivity index (χ2v) is 5.15. The van der Waals surface area contributed by atoms with E-state index in [-0.39, 0.29) is 23.0 Å². The number of nitrogens with zero attached hydrogens (tertiary/aromatic N) is 1. The second-order valence-electron chi connectivity index (χ2n) is 5.15. The molecule has 0 radical (unpaired) electrons. The number of nitro benzene ring substituents is 1. The Hall–Kier alpha value is -2.15. The smallest absolute Gasteiger partial charge is 0.337 e. The lowest BCUT2D eigenvalue weighted by molar-refractivity contribution is -0.384. The maximum absolute atomic E-state index is 11.5. The number of esters is 1. The van der Waals surface area contributed by atoms with Crippen LogP contribution in [-0.4, -0.2) is 36.8 Å². The Morgan fingerprint density at radius 1 is 1.38 bits per heavy atom. The molecule has 7 heteroatoms. The molecular weight excluding hydrogens is 276 g/mol. The van der Waals surface area contributed by atoms with Gasteiger partial charge in [-0.3, -0.25) is 10.1 Å². The average molecular weight is 296 g/mol. The highest BCUT2D eigenvalue weighted by Gasteiger charge is 2.27. The number of carbonyl (C=O) groups excluding carboxylic acids is 1. The van der Waals surface area contributed by atoms with Crippen molar-refractivity contribution < 1.29 is 19.2 Å². The molecule has 21 heavy (non-hydrogen) atoms. The molecule has 0 amide bonds. The molecule has 0 aromatic heterocycles. The standard InChI is InChI=1S/C14H20N2O5/c1-9(14(2,3)21-5)15-11-8-10(13(17)20-4)6-7-12(11)16(18)19/h6-9,15H,1-5H3. The van der Waals surface area contributed by atoms with Crippen molar-refractivity contribution in [1.29, 1.82) is 0 Å². The predicted octanol–water partition coefficient (Wildman–Crippen LogP) is 2.61. The zero-order chi connectivity index (χ0) is 16.2. The molecule has 0 aliphatic rings. The zero-order valence-corrected chi connectivity index (χ0v) is 12.8. The van der Waals surface area contributed by atoms with Crippen LogP contribution in [0.15, 0.2) is 18.2 Å². The molecule has 0 spiro atoms. The number of anilines is 1. The molecule has 7 nitrogen and oxygen atoms in total. The first-order valence-electron chi connectivity index (χ1n) is 6.41. The molecule has 0 saturated heterocycles. The fourth-order valence-electron chi connectivity index (χ4n) is 1.64. The SMILES string of the molecule is COC(=O)c1ccc([N+](=O)[O-])c(NC(C)C(C)(C)OC)c1. The number of rotatable bonds is 6. The van der Waals surface area contributed by atoms with Gasteiger partial charge in [-0.15, -0.1) is 0 Å². The van der Waals surface area contributed by atoms with Crippen LogP contribution in [0.5, 0.6) is 0 Å². The fraction of sp³-hybridized carbons (Fsp3) is 0.500. The van der Waals surface area contributed by atoms with Crippen molar-refractivity contribution >= 4 is 17.3 Å². The molecule has 1 unspecified atom stereocenters. The number of nitro groups is 1. The molecule has 1 atom stereocenters. The van der Waals surface area contributed by atoms with Crippen LogP contribution >= 0.6 is 0 Å². The first kappa shape index (κ1) is 16.9. The second kappa shape index (κ2) is 6.53. The lowest BCUT2D eigenvalue weighted by Crippen LogP contribution is -2.41. The molecule has 1 aromatic rings. The molecule has 1 N–H and O–H groups in total. The van der Waals surface area contributed by atoms with Crippen molar-refractivity contribution in [2.75, 3.05) is 19.5 Å². The molecule has 116 valence electrons. The van der Waals surface area contributed by atoms with Gasteiger partial charge in [-0.05, 0) is 32.9 Å². The third-order valence-corrected chi connectivity index (χ3v) is 3.56. The van der Waals surface area contributed by atoms with Crippen LogP contribution < -0.4 is 5.32 Å². The predicted molar refractivity (Wildman–Crippen MR) is 78.6 cm³/mol. The van der Waals surface area contributed by atoms with Gasteiger partial charge in [-0.2, -0.15) is 0 Å². The maximum Gasteiger partial charge on any atom is 0.337 e. The van der Waals surface area contributed by atoms with Gasteiger partial charge in [-0.25, -0.2) is 4.79 Å². The quantitative estimate of drug-likeness (QED) is 0.493. The molecule has 0 heterocycles. The maximum atomic E-state index is 11.5. The number of benzene rings is 1. The Labute approximate surface area is 123 Å². The third-order valence-electron chi connectivity index (χ3n) is 3.56. The normalized spacial score (nSPS) is 12.6. The van der Waals surface area contributed by atoms with Crippen molar-refractivity contribution in [1.82, 2.24) is 0 Å². The summed E-state index contributed by atoms with van der Waals surface area (Å²) >= 11 is 0. The van der Waals surface area contributed by atoms with Crippen LogP contribution in [0, 0.1) is 10.1 Å². The van der Waals surface area contributed by atoms with E-state index in [1.165, 1.54) is 25.3 Å². The topological polar surface area (TPSA) is 90.7 Å². The zero-order valence-electron chi connectivity index (χ0n) is 12.8. The minimum absolute atomic E-state index is 0.110. The number of nitrogens with one attached hydrogen (secondary N) is 1. The minimum Gasteiger partial charge on any atom is -0.465 e. The van der Waals surface area contributed by atoms with Crippen molar-refractivity contribution in [2.24, 2.45) is 0 Å². The van der Waals surface area contributed by atoms with Gasteiger partial charge in [0.15, 0.2) is 0 Å². The first-order chi connectivity index (χ1) is 9.72. The van der Waals surface area contributed by atoms with Crippen molar-refractivity contribution in [3.63, 3.8) is 0 Å². The van der Waals surface area contributed by atoms with E-state index in [2.05, 4.69) is 10.1 Å². The summed E-state index contributed by atoms with van der Waals surface area (Å²) in [5, 5.41) is 14.1. The Bertz CT molecular complexity index is 542. The van der Waals surface area contributed by atoms with Gasteiger partial charge < -0.3 is 14.8 Å². The van der Waals surface area contributed by atoms with Crippen LogP contribution in [-0.2, 0) is 9.47 Å². The largest absolute Gasteiger partial charge is 0.465 e. The van der Waals surface area contributed by atoms with Gasteiger partial charge in [0.2, 0.25) is 0 Å². The number of carbonyl (C=O) groups is 1. The van der Waals surface area contributed by atoms with Crippen molar-refractivity contribution in [2.45, 2.75) is 32.4 Å². The molecule has 1 aromatic carbocycles. The van der Waals surface area contributed by atoms with Gasteiger partial charge >= 0.3 is 5.97 Å². The Balaban J connectivity index is 3.18. The highest BCUT2D eigenvalue weighted by atomic mass is 16.6. The van der Waals surface area contributed by atoms with Gasteiger partial charge in [0.25, 0.3) is 5.69 Å². The summed E-state index contributed by atoms with van der Waals surface area (Å²) in [5.74, 6) is -0.549. The van der Waals surface area contributed by atoms with Crippen LogP contribution in [0.3, 0.4) is 0 Å². The molecule has 0 aliphatic heterocycles. The Kier molecular flexibility index (Phi) is 5.26. The summed E-state index contributed by atoms with van der Waals surface area (Å²) in [7, 11) is 2.82. The van der Waals surface area contributed by atoms with E-state index in [9.17, 15) is 14.9 Å². The highest BCUT2D eigenvalue weighted by molar-refractivity contribution is 5.91. The summed E-state index contributed by atoms with van der Waals surface area (Å²) < 4.78 is 9.97. The Morgan fingerprint density at radius 3 is 2.48 bits per heavy atom. The van der Waals surface area contributed by atoms with Gasteiger partial charge in [-0.1, -0.05) is 0 Å². The number of hydrogen-bond acceptors (Lipinski definition) is 6. The Morgan fingerprint density at radius 2 is 2.00 bits per heavy atom. The summed E-state index contributed by atoms with van der Waals surface area (Å²) in [5.41, 5.74) is -0.148. The van der Waals surface area contributed by atoms with Crippen molar-refractivity contribution in [3.8, 4) is 0 Å². The summed E-state index contributed by atoms with van der Waals surface area (Å²) in [6.45, 7) is 5.57. The van der Waals surface area contributed by atoms with Gasteiger partial charge in [0.05, 0.1) is 29.2 Å². The minimum atomic E-state index is -0.549. The first-order valence-corrected chi connectivity index (χ1v) is 6.41. The van der Waals surface area contributed by atoms with Gasteiger partial charge in [0, 0.05) is 13.2 Å². The summed E-state index contributed by atoms with van der Waals surface area (Å²) in [6, 6.07) is 3.84. The van der Waals surface area contributed by atoms with E-state index >= 15 is 0 Å². The lowest BCUT2D eigenvalue weighted by Gasteiger charge is -2.31. The van der Waals surface area contributed by atoms with E-state index in [0.29, 0.717) is 0 Å². The molecule has 1 rings (SSSR count). The molecular formula is C14H20N2O5. The number of ether oxygens (including phenoxy) is 2. The number of hydrogen-bond donors (Lipinski definition) is 1. The van der Waals surface area contributed by atoms with E-state index in [1.54, 1.807) is 7.11 Å².